The lowest BCUT2D eigenvalue weighted by molar-refractivity contribution is -0.118. The van der Waals surface area contributed by atoms with Crippen LogP contribution in [0.3, 0.4) is 0 Å². The van der Waals surface area contributed by atoms with Crippen molar-refractivity contribution in [3.8, 4) is 11.5 Å². The summed E-state index contributed by atoms with van der Waals surface area (Å²) in [6.45, 7) is 3.21. The Balaban J connectivity index is 1.39. The molecule has 7 nitrogen and oxygen atoms in total. The molecule has 1 aliphatic heterocycles. The summed E-state index contributed by atoms with van der Waals surface area (Å²) in [6, 6.07) is 21.2. The van der Waals surface area contributed by atoms with E-state index in [4.69, 9.17) is 14.2 Å². The number of para-hydroxylation sites is 1. The number of nitrogens with zero attached hydrogens (tertiary/aromatic N) is 2. The van der Waals surface area contributed by atoms with E-state index in [9.17, 15) is 4.79 Å². The van der Waals surface area contributed by atoms with Crippen molar-refractivity contribution in [1.82, 2.24) is 0 Å². The molecule has 176 valence electrons. The first-order valence-electron chi connectivity index (χ1n) is 10.9. The van der Waals surface area contributed by atoms with Crippen LogP contribution in [0.1, 0.15) is 5.56 Å². The number of carbonyl (C=O) groups is 1. The summed E-state index contributed by atoms with van der Waals surface area (Å²) in [5.41, 5.74) is 3.64. The number of rotatable bonds is 8. The van der Waals surface area contributed by atoms with Gasteiger partial charge in [-0.3, -0.25) is 9.79 Å². The number of halogens is 1. The second-order valence-corrected chi connectivity index (χ2v) is 8.77. The first-order valence-corrected chi connectivity index (χ1v) is 12.0. The Bertz CT molecular complexity index is 1130. The van der Waals surface area contributed by atoms with Gasteiger partial charge < -0.3 is 24.4 Å². The number of benzene rings is 3. The molecule has 1 amide bonds. The Kier molecular flexibility index (Phi) is 8.37. The maximum absolute atomic E-state index is 12.2. The molecule has 1 saturated heterocycles. The van der Waals surface area contributed by atoms with E-state index in [0.29, 0.717) is 11.5 Å². The van der Waals surface area contributed by atoms with Crippen LogP contribution in [-0.2, 0) is 9.53 Å². The average molecular weight is 571 g/mol. The fraction of sp³-hybridized carbons (Fsp3) is 0.231. The molecule has 1 aliphatic rings. The van der Waals surface area contributed by atoms with E-state index in [2.05, 4.69) is 49.9 Å². The predicted octanol–water partition coefficient (Wildman–Crippen LogP) is 4.90. The van der Waals surface area contributed by atoms with Crippen molar-refractivity contribution >= 4 is 51.8 Å². The number of amides is 1. The van der Waals surface area contributed by atoms with Gasteiger partial charge in [0.25, 0.3) is 5.91 Å². The summed E-state index contributed by atoms with van der Waals surface area (Å²) in [7, 11) is 1.58. The first-order chi connectivity index (χ1) is 16.6. The van der Waals surface area contributed by atoms with Gasteiger partial charge in [0, 0.05) is 30.7 Å². The monoisotopic (exact) mass is 571 g/mol. The minimum atomic E-state index is -0.241. The van der Waals surface area contributed by atoms with Gasteiger partial charge in [0.1, 0.15) is 0 Å². The Morgan fingerprint density at radius 1 is 1.12 bits per heavy atom. The van der Waals surface area contributed by atoms with Crippen molar-refractivity contribution < 1.29 is 19.0 Å². The van der Waals surface area contributed by atoms with Gasteiger partial charge in [-0.05, 0) is 76.7 Å². The van der Waals surface area contributed by atoms with Crippen molar-refractivity contribution in [3.63, 3.8) is 0 Å². The second kappa shape index (κ2) is 11.8. The van der Waals surface area contributed by atoms with Crippen molar-refractivity contribution in [2.45, 2.75) is 0 Å². The van der Waals surface area contributed by atoms with E-state index in [1.165, 1.54) is 5.69 Å². The SMILES string of the molecule is COc1cc(C=Nc2ccc(N3CCOCC3)cc2)cc(I)c1OCC(=O)Nc1ccccc1. The minimum absolute atomic E-state index is 0.121. The molecule has 4 rings (SSSR count). The Morgan fingerprint density at radius 3 is 2.56 bits per heavy atom. The molecular weight excluding hydrogens is 545 g/mol. The molecule has 3 aromatic rings. The molecule has 1 N–H and O–H groups in total. The van der Waals surface area contributed by atoms with Gasteiger partial charge in [0.15, 0.2) is 18.1 Å². The molecule has 0 saturated carbocycles. The number of methoxy groups -OCH3 is 1. The third-order valence-electron chi connectivity index (χ3n) is 5.25. The highest BCUT2D eigenvalue weighted by molar-refractivity contribution is 14.1. The van der Waals surface area contributed by atoms with Crippen LogP contribution in [0.4, 0.5) is 17.1 Å². The molecule has 1 fully saturated rings. The average Bonchev–Trinajstić information content (AvgIpc) is 2.88. The number of morpholine rings is 1. The summed E-state index contributed by atoms with van der Waals surface area (Å²) < 4.78 is 17.5. The molecule has 0 bridgehead atoms. The lowest BCUT2D eigenvalue weighted by Gasteiger charge is -2.28. The topological polar surface area (TPSA) is 72.4 Å². The second-order valence-electron chi connectivity index (χ2n) is 7.61. The zero-order valence-electron chi connectivity index (χ0n) is 18.9. The molecule has 0 atom stereocenters. The van der Waals surface area contributed by atoms with Crippen LogP contribution in [-0.4, -0.2) is 52.1 Å². The highest BCUT2D eigenvalue weighted by Crippen LogP contribution is 2.34. The van der Waals surface area contributed by atoms with Crippen molar-refractivity contribution in [1.29, 1.82) is 0 Å². The van der Waals surface area contributed by atoms with Gasteiger partial charge in [-0.2, -0.15) is 0 Å². The van der Waals surface area contributed by atoms with Crippen molar-refractivity contribution in [2.75, 3.05) is 50.2 Å². The third kappa shape index (κ3) is 6.48. The van der Waals surface area contributed by atoms with Crippen LogP contribution in [0.15, 0.2) is 71.7 Å². The highest BCUT2D eigenvalue weighted by atomic mass is 127. The molecule has 0 aromatic heterocycles. The highest BCUT2D eigenvalue weighted by Gasteiger charge is 2.14. The summed E-state index contributed by atoms with van der Waals surface area (Å²) in [5, 5.41) is 2.81. The summed E-state index contributed by atoms with van der Waals surface area (Å²) in [4.78, 5) is 19.1. The van der Waals surface area contributed by atoms with E-state index < -0.39 is 0 Å². The van der Waals surface area contributed by atoms with Crippen LogP contribution >= 0.6 is 22.6 Å². The van der Waals surface area contributed by atoms with Crippen LogP contribution in [0.2, 0.25) is 0 Å². The normalized spacial score (nSPS) is 13.6. The van der Waals surface area contributed by atoms with E-state index in [1.54, 1.807) is 13.3 Å². The Hall–Kier alpha value is -3.11. The number of ether oxygens (including phenoxy) is 3. The Morgan fingerprint density at radius 2 is 1.85 bits per heavy atom. The zero-order chi connectivity index (χ0) is 23.8. The summed E-state index contributed by atoms with van der Waals surface area (Å²) in [5.74, 6) is 0.831. The molecule has 0 radical (unpaired) electrons. The van der Waals surface area contributed by atoms with Crippen molar-refractivity contribution in [2.24, 2.45) is 4.99 Å². The van der Waals surface area contributed by atoms with Crippen molar-refractivity contribution in [3.05, 3.63) is 75.9 Å². The van der Waals surface area contributed by atoms with E-state index in [0.717, 1.165) is 46.8 Å². The lowest BCUT2D eigenvalue weighted by Crippen LogP contribution is -2.36. The number of hydrogen-bond donors (Lipinski definition) is 1. The Labute approximate surface area is 212 Å². The molecule has 8 heteroatoms. The van der Waals surface area contributed by atoms with Gasteiger partial charge in [-0.15, -0.1) is 0 Å². The molecule has 0 unspecified atom stereocenters. The number of hydrogen-bond acceptors (Lipinski definition) is 6. The standard InChI is InChI=1S/C26H26IN3O4/c1-32-24-16-19(17-28-20-7-9-22(10-8-20)30-11-13-33-14-12-30)15-23(27)26(24)34-18-25(31)29-21-5-3-2-4-6-21/h2-10,15-17H,11-14,18H2,1H3,(H,29,31). The predicted molar refractivity (Wildman–Crippen MR) is 143 cm³/mol. The molecule has 0 aliphatic carbocycles. The van der Waals surface area contributed by atoms with Gasteiger partial charge in [-0.25, -0.2) is 0 Å². The number of carbonyl (C=O) groups excluding carboxylic acids is 1. The maximum atomic E-state index is 12.2. The van der Waals surface area contributed by atoms with Crippen LogP contribution in [0, 0.1) is 3.57 Å². The molecule has 3 aromatic carbocycles. The van der Waals surface area contributed by atoms with Gasteiger partial charge in [-0.1, -0.05) is 18.2 Å². The maximum Gasteiger partial charge on any atom is 0.262 e. The molecule has 34 heavy (non-hydrogen) atoms. The molecule has 1 heterocycles. The minimum Gasteiger partial charge on any atom is -0.493 e. The van der Waals surface area contributed by atoms with E-state index >= 15 is 0 Å². The van der Waals surface area contributed by atoms with E-state index in [1.807, 2.05) is 54.6 Å². The van der Waals surface area contributed by atoms with Gasteiger partial charge in [0.2, 0.25) is 0 Å². The summed E-state index contributed by atoms with van der Waals surface area (Å²) in [6.07, 6.45) is 1.79. The summed E-state index contributed by atoms with van der Waals surface area (Å²) >= 11 is 2.17. The molecule has 0 spiro atoms. The van der Waals surface area contributed by atoms with Gasteiger partial charge in [0.05, 0.1) is 29.6 Å². The number of anilines is 2. The molecular formula is C26H26IN3O4. The zero-order valence-corrected chi connectivity index (χ0v) is 21.0. The largest absolute Gasteiger partial charge is 0.493 e. The number of aliphatic imine (C=N–C) groups is 1. The van der Waals surface area contributed by atoms with Gasteiger partial charge >= 0.3 is 0 Å². The smallest absolute Gasteiger partial charge is 0.262 e. The first kappa shape index (κ1) is 24.0. The fourth-order valence-corrected chi connectivity index (χ4v) is 4.31. The van der Waals surface area contributed by atoms with Crippen LogP contribution < -0.4 is 19.7 Å². The fourth-order valence-electron chi connectivity index (χ4n) is 3.53. The van der Waals surface area contributed by atoms with Crippen LogP contribution in [0.5, 0.6) is 11.5 Å². The third-order valence-corrected chi connectivity index (χ3v) is 6.05. The van der Waals surface area contributed by atoms with Crippen LogP contribution in [0.25, 0.3) is 0 Å². The number of nitrogens with one attached hydrogen (secondary N) is 1. The van der Waals surface area contributed by atoms with E-state index in [-0.39, 0.29) is 12.5 Å². The quantitative estimate of drug-likeness (QED) is 0.308. The lowest BCUT2D eigenvalue weighted by atomic mass is 10.2.